The van der Waals surface area contributed by atoms with Crippen molar-refractivity contribution in [1.29, 1.82) is 0 Å². The molecular weight excluding hydrogens is 336 g/mol. The summed E-state index contributed by atoms with van der Waals surface area (Å²) in [5.41, 5.74) is 2.16. The zero-order valence-corrected chi connectivity index (χ0v) is 14.7. The van der Waals surface area contributed by atoms with Crippen molar-refractivity contribution in [3.8, 4) is 11.6 Å². The molecule has 0 amide bonds. The van der Waals surface area contributed by atoms with Gasteiger partial charge in [0.05, 0.1) is 12.4 Å². The lowest BCUT2D eigenvalue weighted by molar-refractivity contribution is -0.139. The summed E-state index contributed by atoms with van der Waals surface area (Å²) in [5, 5.41) is 0.623. The molecule has 0 spiro atoms. The third-order valence-corrected chi connectivity index (χ3v) is 4.06. The predicted octanol–water partition coefficient (Wildman–Crippen LogP) is 4.19. The molecule has 0 saturated carbocycles. The van der Waals surface area contributed by atoms with E-state index >= 15 is 0 Å². The molecule has 0 fully saturated rings. The SMILES string of the molecule is CCOC(=O)CSc1nc(Cl)cc(Oc2cccc(C)c2C)n1. The smallest absolute Gasteiger partial charge is 0.316 e. The summed E-state index contributed by atoms with van der Waals surface area (Å²) >= 11 is 7.16. The van der Waals surface area contributed by atoms with E-state index in [0.29, 0.717) is 23.4 Å². The third-order valence-electron chi connectivity index (χ3n) is 3.04. The highest BCUT2D eigenvalue weighted by Gasteiger charge is 2.11. The second kappa shape index (κ2) is 8.17. The molecule has 0 atom stereocenters. The van der Waals surface area contributed by atoms with Gasteiger partial charge in [-0.15, -0.1) is 0 Å². The Morgan fingerprint density at radius 1 is 1.30 bits per heavy atom. The molecule has 5 nitrogen and oxygen atoms in total. The lowest BCUT2D eigenvalue weighted by Crippen LogP contribution is -2.07. The largest absolute Gasteiger partial charge is 0.465 e. The van der Waals surface area contributed by atoms with Gasteiger partial charge in [0.25, 0.3) is 0 Å². The van der Waals surface area contributed by atoms with E-state index in [9.17, 15) is 4.79 Å². The summed E-state index contributed by atoms with van der Waals surface area (Å²) in [4.78, 5) is 19.7. The van der Waals surface area contributed by atoms with Crippen LogP contribution in [0.1, 0.15) is 18.1 Å². The molecular formula is C16H17ClN2O3S. The summed E-state index contributed by atoms with van der Waals surface area (Å²) in [7, 11) is 0. The van der Waals surface area contributed by atoms with Gasteiger partial charge >= 0.3 is 5.97 Å². The quantitative estimate of drug-likeness (QED) is 0.336. The monoisotopic (exact) mass is 352 g/mol. The molecule has 1 aromatic carbocycles. The fourth-order valence-electron chi connectivity index (χ4n) is 1.77. The van der Waals surface area contributed by atoms with Crippen molar-refractivity contribution in [2.45, 2.75) is 25.9 Å². The molecule has 1 aromatic heterocycles. The molecule has 2 rings (SSSR count). The van der Waals surface area contributed by atoms with Crippen LogP contribution >= 0.6 is 23.4 Å². The Morgan fingerprint density at radius 2 is 2.09 bits per heavy atom. The van der Waals surface area contributed by atoms with Gasteiger partial charge in [-0.25, -0.2) is 4.98 Å². The van der Waals surface area contributed by atoms with E-state index in [1.165, 1.54) is 6.07 Å². The number of esters is 1. The predicted molar refractivity (Wildman–Crippen MR) is 90.4 cm³/mol. The summed E-state index contributed by atoms with van der Waals surface area (Å²) in [6.45, 7) is 6.09. The van der Waals surface area contributed by atoms with E-state index in [0.717, 1.165) is 22.9 Å². The van der Waals surface area contributed by atoms with Crippen LogP contribution in [0.15, 0.2) is 29.4 Å². The lowest BCUT2D eigenvalue weighted by atomic mass is 10.1. The van der Waals surface area contributed by atoms with Crippen molar-refractivity contribution >= 4 is 29.3 Å². The van der Waals surface area contributed by atoms with Crippen LogP contribution in [0.3, 0.4) is 0 Å². The van der Waals surface area contributed by atoms with Crippen molar-refractivity contribution in [1.82, 2.24) is 9.97 Å². The average Bonchev–Trinajstić information content (AvgIpc) is 2.50. The second-order valence-electron chi connectivity index (χ2n) is 4.71. The maximum Gasteiger partial charge on any atom is 0.316 e. The van der Waals surface area contributed by atoms with E-state index in [4.69, 9.17) is 21.1 Å². The lowest BCUT2D eigenvalue weighted by Gasteiger charge is -2.10. The fraction of sp³-hybridized carbons (Fsp3) is 0.312. The van der Waals surface area contributed by atoms with Crippen molar-refractivity contribution < 1.29 is 14.3 Å². The van der Waals surface area contributed by atoms with Crippen LogP contribution in [0.2, 0.25) is 5.15 Å². The van der Waals surface area contributed by atoms with Crippen LogP contribution in [-0.4, -0.2) is 28.3 Å². The van der Waals surface area contributed by atoms with Gasteiger partial charge in [-0.2, -0.15) is 4.98 Å². The van der Waals surface area contributed by atoms with Gasteiger partial charge in [0.15, 0.2) is 5.16 Å². The van der Waals surface area contributed by atoms with Gasteiger partial charge in [0.1, 0.15) is 10.9 Å². The Balaban J connectivity index is 2.14. The van der Waals surface area contributed by atoms with Gasteiger partial charge in [-0.1, -0.05) is 35.5 Å². The van der Waals surface area contributed by atoms with Crippen molar-refractivity contribution in [3.63, 3.8) is 0 Å². The number of carbonyl (C=O) groups is 1. The Hall–Kier alpha value is -1.79. The number of halogens is 1. The highest BCUT2D eigenvalue weighted by Crippen LogP contribution is 2.28. The molecule has 0 aliphatic carbocycles. The number of thioether (sulfide) groups is 1. The number of hydrogen-bond donors (Lipinski definition) is 0. The zero-order chi connectivity index (χ0) is 16.8. The number of aryl methyl sites for hydroxylation is 1. The Kier molecular flexibility index (Phi) is 6.24. The molecule has 0 aliphatic rings. The molecule has 122 valence electrons. The minimum Gasteiger partial charge on any atom is -0.465 e. The van der Waals surface area contributed by atoms with E-state index in [2.05, 4.69) is 9.97 Å². The van der Waals surface area contributed by atoms with E-state index < -0.39 is 0 Å². The molecule has 0 aliphatic heterocycles. The van der Waals surface area contributed by atoms with Crippen molar-refractivity contribution in [2.24, 2.45) is 0 Å². The topological polar surface area (TPSA) is 61.3 Å². The van der Waals surface area contributed by atoms with Crippen LogP contribution in [0.4, 0.5) is 0 Å². The van der Waals surface area contributed by atoms with Crippen molar-refractivity contribution in [2.75, 3.05) is 12.4 Å². The number of hydrogen-bond acceptors (Lipinski definition) is 6. The normalized spacial score (nSPS) is 10.4. The second-order valence-corrected chi connectivity index (χ2v) is 6.04. The van der Waals surface area contributed by atoms with Gasteiger partial charge in [-0.3, -0.25) is 4.79 Å². The minimum absolute atomic E-state index is 0.122. The zero-order valence-electron chi connectivity index (χ0n) is 13.1. The molecule has 1 heterocycles. The third kappa shape index (κ3) is 5.11. The van der Waals surface area contributed by atoms with E-state index in [1.54, 1.807) is 6.92 Å². The molecule has 0 bridgehead atoms. The Labute approximate surface area is 144 Å². The standard InChI is InChI=1S/C16H17ClN2O3S/c1-4-21-15(20)9-23-16-18-13(17)8-14(19-16)22-12-7-5-6-10(2)11(12)3/h5-8H,4,9H2,1-3H3. The maximum atomic E-state index is 11.4. The summed E-state index contributed by atoms with van der Waals surface area (Å²) in [6, 6.07) is 7.33. The summed E-state index contributed by atoms with van der Waals surface area (Å²) in [6.07, 6.45) is 0. The molecule has 23 heavy (non-hydrogen) atoms. The van der Waals surface area contributed by atoms with E-state index in [1.807, 2.05) is 32.0 Å². The highest BCUT2D eigenvalue weighted by molar-refractivity contribution is 7.99. The first kappa shape index (κ1) is 17.6. The average molecular weight is 353 g/mol. The number of carbonyl (C=O) groups excluding carboxylic acids is 1. The number of ether oxygens (including phenoxy) is 2. The first-order valence-electron chi connectivity index (χ1n) is 7.06. The molecule has 7 heteroatoms. The molecule has 0 N–H and O–H groups in total. The number of benzene rings is 1. The Morgan fingerprint density at radius 3 is 2.83 bits per heavy atom. The van der Waals surface area contributed by atoms with Gasteiger partial charge in [-0.05, 0) is 38.0 Å². The molecule has 2 aromatic rings. The van der Waals surface area contributed by atoms with Gasteiger partial charge in [0.2, 0.25) is 5.88 Å². The number of rotatable bonds is 6. The molecule has 0 radical (unpaired) electrons. The van der Waals surface area contributed by atoms with Crippen LogP contribution < -0.4 is 4.74 Å². The number of aromatic nitrogens is 2. The van der Waals surface area contributed by atoms with Crippen LogP contribution in [-0.2, 0) is 9.53 Å². The first-order chi connectivity index (χ1) is 11.0. The number of nitrogens with zero attached hydrogens (tertiary/aromatic N) is 2. The fourth-order valence-corrected chi connectivity index (χ4v) is 2.64. The van der Waals surface area contributed by atoms with Crippen LogP contribution in [0.5, 0.6) is 11.6 Å². The van der Waals surface area contributed by atoms with Gasteiger partial charge < -0.3 is 9.47 Å². The van der Waals surface area contributed by atoms with E-state index in [-0.39, 0.29) is 16.9 Å². The maximum absolute atomic E-state index is 11.4. The van der Waals surface area contributed by atoms with Crippen LogP contribution in [0.25, 0.3) is 0 Å². The van der Waals surface area contributed by atoms with Gasteiger partial charge in [0, 0.05) is 6.07 Å². The van der Waals surface area contributed by atoms with Crippen molar-refractivity contribution in [3.05, 3.63) is 40.5 Å². The molecule has 0 saturated heterocycles. The summed E-state index contributed by atoms with van der Waals surface area (Å²) in [5.74, 6) is 0.848. The minimum atomic E-state index is -0.321. The first-order valence-corrected chi connectivity index (χ1v) is 8.43. The summed E-state index contributed by atoms with van der Waals surface area (Å²) < 4.78 is 10.7. The Bertz CT molecular complexity index is 710. The van der Waals surface area contributed by atoms with Crippen LogP contribution in [0, 0.1) is 13.8 Å². The highest BCUT2D eigenvalue weighted by atomic mass is 35.5. The molecule has 0 unspecified atom stereocenters.